The van der Waals surface area contributed by atoms with Crippen molar-refractivity contribution in [3.05, 3.63) is 55.2 Å². The Morgan fingerprint density at radius 3 is 3.00 bits per heavy atom. The maximum Gasteiger partial charge on any atom is 0.200 e. The molecule has 0 unspecified atom stereocenters. The molecule has 19 heavy (non-hydrogen) atoms. The molecule has 0 radical (unpaired) electrons. The fourth-order valence-electron chi connectivity index (χ4n) is 1.62. The van der Waals surface area contributed by atoms with Crippen LogP contribution in [0.5, 0.6) is 0 Å². The number of hydrogen-bond donors (Lipinski definition) is 1. The Morgan fingerprint density at radius 1 is 1.53 bits per heavy atom. The first kappa shape index (κ1) is 12.8. The SMILES string of the molecule is C=C/C=C\C(=C/C)n1cc(Cn2ccnc2N)nn1. The molecule has 0 saturated carbocycles. The van der Waals surface area contributed by atoms with Crippen LogP contribution in [0.15, 0.2) is 49.5 Å². The first-order chi connectivity index (χ1) is 9.24. The molecule has 98 valence electrons. The Labute approximate surface area is 111 Å². The molecule has 0 aliphatic carbocycles. The Kier molecular flexibility index (Phi) is 3.92. The molecule has 2 heterocycles. The molecule has 2 aromatic rings. The van der Waals surface area contributed by atoms with Gasteiger partial charge in [0, 0.05) is 12.4 Å². The Morgan fingerprint density at radius 2 is 2.37 bits per heavy atom. The van der Waals surface area contributed by atoms with Crippen LogP contribution in [0.1, 0.15) is 12.6 Å². The largest absolute Gasteiger partial charge is 0.369 e. The average molecular weight is 256 g/mol. The van der Waals surface area contributed by atoms with E-state index < -0.39 is 0 Å². The molecular formula is C13H16N6. The standard InChI is InChI=1S/C13H16N6/c1-3-5-6-12(4-2)19-10-11(16-17-19)9-18-8-7-15-13(18)14/h3-8,10H,1,9H2,2H3,(H2,14,15)/b6-5-,12-4+. The quantitative estimate of drug-likeness (QED) is 0.826. The summed E-state index contributed by atoms with van der Waals surface area (Å²) in [6.45, 7) is 6.13. The van der Waals surface area contributed by atoms with E-state index in [1.54, 1.807) is 17.0 Å². The molecule has 0 spiro atoms. The van der Waals surface area contributed by atoms with E-state index in [1.165, 1.54) is 0 Å². The van der Waals surface area contributed by atoms with Crippen LogP contribution in [0, 0.1) is 0 Å². The fourth-order valence-corrected chi connectivity index (χ4v) is 1.62. The number of hydrogen-bond acceptors (Lipinski definition) is 4. The molecular weight excluding hydrogens is 240 g/mol. The molecule has 0 aliphatic rings. The Balaban J connectivity index is 2.17. The number of rotatable bonds is 5. The van der Waals surface area contributed by atoms with Gasteiger partial charge in [0.1, 0.15) is 5.69 Å². The van der Waals surface area contributed by atoms with Crippen molar-refractivity contribution in [1.82, 2.24) is 24.5 Å². The third kappa shape index (κ3) is 2.98. The van der Waals surface area contributed by atoms with Gasteiger partial charge in [-0.15, -0.1) is 5.10 Å². The van der Waals surface area contributed by atoms with Crippen molar-refractivity contribution in [2.45, 2.75) is 13.5 Å². The van der Waals surface area contributed by atoms with Gasteiger partial charge in [-0.25, -0.2) is 9.67 Å². The highest BCUT2D eigenvalue weighted by molar-refractivity contribution is 5.56. The molecule has 0 amide bonds. The van der Waals surface area contributed by atoms with E-state index in [-0.39, 0.29) is 0 Å². The van der Waals surface area contributed by atoms with Gasteiger partial charge in [-0.05, 0) is 13.0 Å². The van der Waals surface area contributed by atoms with Crippen molar-refractivity contribution in [2.24, 2.45) is 0 Å². The molecule has 0 bridgehead atoms. The normalized spacial score (nSPS) is 12.2. The average Bonchev–Trinajstić information content (AvgIpc) is 3.02. The summed E-state index contributed by atoms with van der Waals surface area (Å²) >= 11 is 0. The lowest BCUT2D eigenvalue weighted by Crippen LogP contribution is -2.03. The lowest BCUT2D eigenvalue weighted by Gasteiger charge is -2.00. The molecule has 0 aromatic carbocycles. The summed E-state index contributed by atoms with van der Waals surface area (Å²) in [6, 6.07) is 0. The lowest BCUT2D eigenvalue weighted by atomic mass is 10.3. The molecule has 2 rings (SSSR count). The van der Waals surface area contributed by atoms with Gasteiger partial charge in [-0.1, -0.05) is 30.0 Å². The summed E-state index contributed by atoms with van der Waals surface area (Å²) < 4.78 is 3.52. The molecule has 6 heteroatoms. The van der Waals surface area contributed by atoms with Gasteiger partial charge in [0.05, 0.1) is 18.4 Å². The van der Waals surface area contributed by atoms with Crippen LogP contribution in [0.3, 0.4) is 0 Å². The predicted octanol–water partition coefficient (Wildman–Crippen LogP) is 1.71. The number of nitrogens with zero attached hydrogens (tertiary/aromatic N) is 5. The minimum absolute atomic E-state index is 0.465. The second-order valence-electron chi connectivity index (χ2n) is 3.88. The molecule has 6 nitrogen and oxygen atoms in total. The van der Waals surface area contributed by atoms with E-state index in [0.717, 1.165) is 11.4 Å². The van der Waals surface area contributed by atoms with Crippen LogP contribution in [-0.2, 0) is 6.54 Å². The zero-order chi connectivity index (χ0) is 13.7. The van der Waals surface area contributed by atoms with Crippen LogP contribution >= 0.6 is 0 Å². The van der Waals surface area contributed by atoms with Gasteiger partial charge >= 0.3 is 0 Å². The summed E-state index contributed by atoms with van der Waals surface area (Å²) in [5.74, 6) is 0.465. The van der Waals surface area contributed by atoms with Crippen molar-refractivity contribution in [3.63, 3.8) is 0 Å². The van der Waals surface area contributed by atoms with Gasteiger partial charge < -0.3 is 10.3 Å². The van der Waals surface area contributed by atoms with Crippen LogP contribution in [-0.4, -0.2) is 24.5 Å². The maximum atomic E-state index is 5.71. The molecule has 0 atom stereocenters. The summed E-state index contributed by atoms with van der Waals surface area (Å²) in [5, 5.41) is 8.21. The smallest absolute Gasteiger partial charge is 0.200 e. The summed E-state index contributed by atoms with van der Waals surface area (Å²) in [6.07, 6.45) is 12.8. The number of imidazole rings is 1. The van der Waals surface area contributed by atoms with Crippen molar-refractivity contribution >= 4 is 11.6 Å². The van der Waals surface area contributed by atoms with Gasteiger partial charge in [0.2, 0.25) is 0 Å². The first-order valence-electron chi connectivity index (χ1n) is 5.88. The summed E-state index contributed by atoms with van der Waals surface area (Å²) in [4.78, 5) is 3.96. The number of allylic oxidation sites excluding steroid dienone is 5. The molecule has 0 fully saturated rings. The number of anilines is 1. The molecule has 2 N–H and O–H groups in total. The molecule has 0 aliphatic heterocycles. The van der Waals surface area contributed by atoms with Crippen molar-refractivity contribution in [3.8, 4) is 0 Å². The van der Waals surface area contributed by atoms with E-state index in [4.69, 9.17) is 5.73 Å². The summed E-state index contributed by atoms with van der Waals surface area (Å²) in [7, 11) is 0. The topological polar surface area (TPSA) is 74.5 Å². The maximum absolute atomic E-state index is 5.71. The van der Waals surface area contributed by atoms with Gasteiger partial charge in [-0.3, -0.25) is 0 Å². The van der Waals surface area contributed by atoms with Gasteiger partial charge in [0.15, 0.2) is 5.95 Å². The third-order valence-corrected chi connectivity index (χ3v) is 2.58. The Hall–Kier alpha value is -2.63. The molecule has 0 saturated heterocycles. The van der Waals surface area contributed by atoms with Crippen molar-refractivity contribution in [2.75, 3.05) is 5.73 Å². The highest BCUT2D eigenvalue weighted by Gasteiger charge is 2.05. The Bertz CT molecular complexity index is 617. The minimum atomic E-state index is 0.465. The van der Waals surface area contributed by atoms with E-state index in [1.807, 2.05) is 42.1 Å². The summed E-state index contributed by atoms with van der Waals surface area (Å²) in [5.41, 5.74) is 7.45. The minimum Gasteiger partial charge on any atom is -0.369 e. The van der Waals surface area contributed by atoms with Crippen molar-refractivity contribution < 1.29 is 0 Å². The highest BCUT2D eigenvalue weighted by atomic mass is 15.4. The zero-order valence-electron chi connectivity index (χ0n) is 10.8. The van der Waals surface area contributed by atoms with E-state index >= 15 is 0 Å². The monoisotopic (exact) mass is 256 g/mol. The first-order valence-corrected chi connectivity index (χ1v) is 5.88. The number of aromatic nitrogens is 5. The van der Waals surface area contributed by atoms with Gasteiger partial charge in [0.25, 0.3) is 0 Å². The van der Waals surface area contributed by atoms with Gasteiger partial charge in [-0.2, -0.15) is 0 Å². The third-order valence-electron chi connectivity index (χ3n) is 2.58. The second-order valence-corrected chi connectivity index (χ2v) is 3.88. The van der Waals surface area contributed by atoms with E-state index in [2.05, 4.69) is 21.9 Å². The van der Waals surface area contributed by atoms with E-state index in [9.17, 15) is 0 Å². The van der Waals surface area contributed by atoms with Crippen LogP contribution in [0.4, 0.5) is 5.95 Å². The van der Waals surface area contributed by atoms with Crippen LogP contribution in [0.2, 0.25) is 0 Å². The fraction of sp³-hybridized carbons (Fsp3) is 0.154. The van der Waals surface area contributed by atoms with Crippen LogP contribution < -0.4 is 5.73 Å². The highest BCUT2D eigenvalue weighted by Crippen LogP contribution is 2.08. The van der Waals surface area contributed by atoms with E-state index in [0.29, 0.717) is 12.5 Å². The number of nitrogen functional groups attached to an aromatic ring is 1. The number of nitrogens with two attached hydrogens (primary N) is 1. The lowest BCUT2D eigenvalue weighted by molar-refractivity contribution is 0.768. The predicted molar refractivity (Wildman–Crippen MR) is 75.0 cm³/mol. The molecule has 2 aromatic heterocycles. The second kappa shape index (κ2) is 5.81. The zero-order valence-corrected chi connectivity index (χ0v) is 10.8. The van der Waals surface area contributed by atoms with Crippen LogP contribution in [0.25, 0.3) is 5.70 Å². The van der Waals surface area contributed by atoms with Crippen molar-refractivity contribution in [1.29, 1.82) is 0 Å².